The Kier molecular flexibility index (Phi) is 4.59. The maximum atomic E-state index is 11.0. The summed E-state index contributed by atoms with van der Waals surface area (Å²) in [7, 11) is 0. The van der Waals surface area contributed by atoms with Gasteiger partial charge in [0, 0.05) is 14.7 Å². The number of aliphatic carboxylic acids is 1. The van der Waals surface area contributed by atoms with E-state index in [-0.39, 0.29) is 12.5 Å². The number of likely N-dealkylation sites (tertiary alicyclic amines) is 1. The van der Waals surface area contributed by atoms with Crippen molar-refractivity contribution in [3.8, 4) is 0 Å². The lowest BCUT2D eigenvalue weighted by atomic mass is 10.0. The van der Waals surface area contributed by atoms with Crippen molar-refractivity contribution in [2.24, 2.45) is 0 Å². The van der Waals surface area contributed by atoms with E-state index < -0.39 is 5.97 Å². The molecule has 1 fully saturated rings. The van der Waals surface area contributed by atoms with Crippen LogP contribution in [0.4, 0.5) is 0 Å². The zero-order valence-electron chi connectivity index (χ0n) is 9.56. The summed E-state index contributed by atoms with van der Waals surface area (Å²) >= 11 is 5.08. The van der Waals surface area contributed by atoms with Crippen LogP contribution in [0.5, 0.6) is 0 Å². The van der Waals surface area contributed by atoms with Crippen LogP contribution in [0.15, 0.2) is 15.9 Å². The lowest BCUT2D eigenvalue weighted by Gasteiger charge is -2.33. The second-order valence-corrected chi connectivity index (χ2v) is 6.24. The molecule has 1 aliphatic rings. The summed E-state index contributed by atoms with van der Waals surface area (Å²) in [5, 5.41) is 11.1. The molecule has 0 bridgehead atoms. The maximum Gasteiger partial charge on any atom is 0.305 e. The summed E-state index contributed by atoms with van der Waals surface area (Å²) in [6.07, 6.45) is 3.84. The molecular formula is C12H16BrNO2S. The van der Waals surface area contributed by atoms with Crippen LogP contribution in [-0.4, -0.2) is 29.1 Å². The molecule has 1 aromatic rings. The van der Waals surface area contributed by atoms with Crippen molar-refractivity contribution in [3.63, 3.8) is 0 Å². The predicted octanol–water partition coefficient (Wildman–Crippen LogP) is 3.51. The molecule has 0 amide bonds. The Hall–Kier alpha value is -0.390. The molecule has 3 nitrogen and oxygen atoms in total. The largest absolute Gasteiger partial charge is 0.481 e. The van der Waals surface area contributed by atoms with Gasteiger partial charge < -0.3 is 5.11 Å². The van der Waals surface area contributed by atoms with Gasteiger partial charge in [-0.1, -0.05) is 6.42 Å². The van der Waals surface area contributed by atoms with E-state index in [0.717, 1.165) is 22.4 Å². The molecule has 0 aliphatic carbocycles. The van der Waals surface area contributed by atoms with Crippen LogP contribution in [0.2, 0.25) is 0 Å². The minimum atomic E-state index is -0.718. The van der Waals surface area contributed by atoms with E-state index >= 15 is 0 Å². The number of piperidine rings is 1. The van der Waals surface area contributed by atoms with E-state index in [1.165, 1.54) is 19.3 Å². The topological polar surface area (TPSA) is 40.5 Å². The number of thiophene rings is 1. The monoisotopic (exact) mass is 317 g/mol. The summed E-state index contributed by atoms with van der Waals surface area (Å²) in [5.41, 5.74) is 0. The molecule has 2 rings (SSSR count). The number of carbonyl (C=O) groups is 1. The highest BCUT2D eigenvalue weighted by Crippen LogP contribution is 2.33. The minimum Gasteiger partial charge on any atom is -0.481 e. The van der Waals surface area contributed by atoms with Gasteiger partial charge in [0.15, 0.2) is 0 Å². The summed E-state index contributed by atoms with van der Waals surface area (Å²) < 4.78 is 1.05. The molecule has 1 aliphatic heterocycles. The average Bonchev–Trinajstić information content (AvgIpc) is 2.73. The fraction of sp³-hybridized carbons (Fsp3) is 0.583. The van der Waals surface area contributed by atoms with Crippen molar-refractivity contribution in [3.05, 3.63) is 20.8 Å². The lowest BCUT2D eigenvalue weighted by molar-refractivity contribution is -0.138. The van der Waals surface area contributed by atoms with Crippen LogP contribution in [0.25, 0.3) is 0 Å². The molecule has 0 radical (unpaired) electrons. The van der Waals surface area contributed by atoms with E-state index in [1.807, 2.05) is 11.4 Å². The van der Waals surface area contributed by atoms with Crippen molar-refractivity contribution >= 4 is 33.2 Å². The molecule has 0 aromatic carbocycles. The number of carboxylic acid groups (broad SMARTS) is 1. The highest BCUT2D eigenvalue weighted by Gasteiger charge is 2.25. The molecule has 1 unspecified atom stereocenters. The third-order valence-electron chi connectivity index (χ3n) is 3.12. The second-order valence-electron chi connectivity index (χ2n) is 4.38. The Balaban J connectivity index is 2.14. The normalized spacial score (nSPS) is 19.1. The highest BCUT2D eigenvalue weighted by atomic mass is 79.9. The lowest BCUT2D eigenvalue weighted by Crippen LogP contribution is -2.34. The number of halogens is 1. The van der Waals surface area contributed by atoms with Crippen molar-refractivity contribution in [2.45, 2.75) is 31.7 Å². The minimum absolute atomic E-state index is 0.0455. The van der Waals surface area contributed by atoms with E-state index in [1.54, 1.807) is 11.3 Å². The Morgan fingerprint density at radius 1 is 1.47 bits per heavy atom. The van der Waals surface area contributed by atoms with Crippen LogP contribution in [0.1, 0.15) is 36.6 Å². The van der Waals surface area contributed by atoms with E-state index in [4.69, 9.17) is 5.11 Å². The molecular weight excluding hydrogens is 302 g/mol. The van der Waals surface area contributed by atoms with E-state index in [9.17, 15) is 4.79 Å². The molecule has 17 heavy (non-hydrogen) atoms. The smallest absolute Gasteiger partial charge is 0.305 e. The van der Waals surface area contributed by atoms with Crippen LogP contribution < -0.4 is 0 Å². The molecule has 94 valence electrons. The molecule has 2 heterocycles. The van der Waals surface area contributed by atoms with Crippen molar-refractivity contribution < 1.29 is 9.90 Å². The van der Waals surface area contributed by atoms with Gasteiger partial charge >= 0.3 is 5.97 Å². The van der Waals surface area contributed by atoms with Gasteiger partial charge in [0.25, 0.3) is 0 Å². The fourth-order valence-corrected chi connectivity index (χ4v) is 3.89. The summed E-state index contributed by atoms with van der Waals surface area (Å²) in [5.74, 6) is -0.718. The highest BCUT2D eigenvalue weighted by molar-refractivity contribution is 9.10. The van der Waals surface area contributed by atoms with Gasteiger partial charge in [-0.3, -0.25) is 9.69 Å². The predicted molar refractivity (Wildman–Crippen MR) is 72.4 cm³/mol. The van der Waals surface area contributed by atoms with Gasteiger partial charge in [-0.2, -0.15) is 0 Å². The van der Waals surface area contributed by atoms with Crippen LogP contribution in [0.3, 0.4) is 0 Å². The Morgan fingerprint density at radius 2 is 2.18 bits per heavy atom. The third kappa shape index (κ3) is 3.53. The van der Waals surface area contributed by atoms with Crippen LogP contribution in [-0.2, 0) is 4.79 Å². The number of hydrogen-bond acceptors (Lipinski definition) is 3. The van der Waals surface area contributed by atoms with Crippen molar-refractivity contribution in [1.29, 1.82) is 0 Å². The first-order chi connectivity index (χ1) is 8.16. The Bertz CT molecular complexity index is 388. The van der Waals surface area contributed by atoms with Gasteiger partial charge in [0.05, 0.1) is 12.5 Å². The molecule has 0 spiro atoms. The standard InChI is InChI=1S/C12H16BrNO2S/c13-9-6-11(17-8-9)10(7-12(15)16)14-4-2-1-3-5-14/h6,8,10H,1-5,7H2,(H,15,16). The van der Waals surface area contributed by atoms with Gasteiger partial charge in [-0.25, -0.2) is 0 Å². The first-order valence-electron chi connectivity index (χ1n) is 5.86. The Labute approximate surface area is 114 Å². The number of rotatable bonds is 4. The number of carboxylic acids is 1. The molecule has 1 aromatic heterocycles. The van der Waals surface area contributed by atoms with E-state index in [2.05, 4.69) is 20.8 Å². The third-order valence-corrected chi connectivity index (χ3v) is 4.91. The maximum absolute atomic E-state index is 11.0. The first-order valence-corrected chi connectivity index (χ1v) is 7.54. The van der Waals surface area contributed by atoms with Crippen molar-refractivity contribution in [1.82, 2.24) is 4.90 Å². The average molecular weight is 318 g/mol. The summed E-state index contributed by atoms with van der Waals surface area (Å²) in [6.45, 7) is 2.04. The van der Waals surface area contributed by atoms with Crippen molar-refractivity contribution in [2.75, 3.05) is 13.1 Å². The molecule has 5 heteroatoms. The van der Waals surface area contributed by atoms with Gasteiger partial charge in [0.1, 0.15) is 0 Å². The SMILES string of the molecule is O=C(O)CC(c1cc(Br)cs1)N1CCCCC1. The number of nitrogens with zero attached hydrogens (tertiary/aromatic N) is 1. The first kappa shape index (κ1) is 13.1. The number of hydrogen-bond donors (Lipinski definition) is 1. The second kappa shape index (κ2) is 5.98. The Morgan fingerprint density at radius 3 is 2.71 bits per heavy atom. The molecule has 1 saturated heterocycles. The molecule has 1 N–H and O–H groups in total. The zero-order chi connectivity index (χ0) is 12.3. The van der Waals surface area contributed by atoms with E-state index in [0.29, 0.717) is 0 Å². The van der Waals surface area contributed by atoms with Gasteiger partial charge in [0.2, 0.25) is 0 Å². The van der Waals surface area contributed by atoms with Gasteiger partial charge in [-0.15, -0.1) is 11.3 Å². The quantitative estimate of drug-likeness (QED) is 0.923. The van der Waals surface area contributed by atoms with Gasteiger partial charge in [-0.05, 0) is 47.9 Å². The van der Waals surface area contributed by atoms with Crippen LogP contribution in [0, 0.1) is 0 Å². The molecule has 0 saturated carbocycles. The summed E-state index contributed by atoms with van der Waals surface area (Å²) in [4.78, 5) is 14.5. The fourth-order valence-electron chi connectivity index (χ4n) is 2.31. The zero-order valence-corrected chi connectivity index (χ0v) is 12.0. The van der Waals surface area contributed by atoms with Crippen LogP contribution >= 0.6 is 27.3 Å². The molecule has 1 atom stereocenters. The summed E-state index contributed by atoms with van der Waals surface area (Å²) in [6, 6.07) is 2.09.